The van der Waals surface area contributed by atoms with E-state index in [1.807, 2.05) is 12.1 Å². The van der Waals surface area contributed by atoms with Crippen LogP contribution in [0.25, 0.3) is 0 Å². The Labute approximate surface area is 168 Å². The van der Waals surface area contributed by atoms with E-state index in [4.69, 9.17) is 0 Å². The van der Waals surface area contributed by atoms with E-state index in [2.05, 4.69) is 5.32 Å². The van der Waals surface area contributed by atoms with Gasteiger partial charge < -0.3 is 10.2 Å². The first-order chi connectivity index (χ1) is 14.0. The molecule has 2 aliphatic heterocycles. The van der Waals surface area contributed by atoms with Gasteiger partial charge in [0.2, 0.25) is 11.8 Å². The molecule has 7 nitrogen and oxygen atoms in total. The number of anilines is 2. The zero-order valence-electron chi connectivity index (χ0n) is 15.9. The van der Waals surface area contributed by atoms with Crippen molar-refractivity contribution in [1.82, 2.24) is 4.90 Å². The minimum atomic E-state index is -0.307. The molecular formula is C22H21N3O4. The fraction of sp³-hybridized carbons (Fsp3) is 0.273. The number of hydrogen-bond donors (Lipinski definition) is 1. The Morgan fingerprint density at radius 3 is 2.17 bits per heavy atom. The van der Waals surface area contributed by atoms with E-state index in [1.165, 1.54) is 4.90 Å². The number of nitrogens with one attached hydrogen (secondary N) is 1. The van der Waals surface area contributed by atoms with Crippen LogP contribution in [-0.2, 0) is 9.59 Å². The lowest BCUT2D eigenvalue weighted by molar-refractivity contribution is -0.117. The highest BCUT2D eigenvalue weighted by molar-refractivity contribution is 6.21. The highest BCUT2D eigenvalue weighted by Gasteiger charge is 2.34. The van der Waals surface area contributed by atoms with Crippen LogP contribution in [-0.4, -0.2) is 41.6 Å². The topological polar surface area (TPSA) is 86.8 Å². The third-order valence-electron chi connectivity index (χ3n) is 5.20. The average molecular weight is 391 g/mol. The molecule has 7 heteroatoms. The molecule has 1 N–H and O–H groups in total. The van der Waals surface area contributed by atoms with Gasteiger partial charge in [-0.25, -0.2) is 0 Å². The lowest BCUT2D eigenvalue weighted by Gasteiger charge is -2.16. The van der Waals surface area contributed by atoms with Gasteiger partial charge in [0.1, 0.15) is 0 Å². The standard InChI is InChI=1S/C22H21N3O4/c26-19(23-15-9-11-16(12-10-15)24-13-4-8-20(24)27)7-3-14-25-21(28)17-5-1-2-6-18(17)22(25)29/h1-2,5-6,9-12H,3-4,7-8,13-14H2,(H,23,26). The van der Waals surface area contributed by atoms with E-state index in [0.717, 1.165) is 18.7 Å². The Bertz CT molecular complexity index is 949. The quantitative estimate of drug-likeness (QED) is 0.767. The largest absolute Gasteiger partial charge is 0.326 e. The van der Waals surface area contributed by atoms with Crippen LogP contribution in [0, 0.1) is 0 Å². The lowest BCUT2D eigenvalue weighted by atomic mass is 10.1. The Kier molecular flexibility index (Phi) is 5.12. The minimum absolute atomic E-state index is 0.120. The summed E-state index contributed by atoms with van der Waals surface area (Å²) in [6.07, 6.45) is 2.02. The van der Waals surface area contributed by atoms with Gasteiger partial charge in [-0.2, -0.15) is 0 Å². The highest BCUT2D eigenvalue weighted by Crippen LogP contribution is 2.24. The van der Waals surface area contributed by atoms with Crippen molar-refractivity contribution in [2.75, 3.05) is 23.3 Å². The van der Waals surface area contributed by atoms with Gasteiger partial charge in [-0.3, -0.25) is 24.1 Å². The predicted octanol–water partition coefficient (Wildman–Crippen LogP) is 2.83. The van der Waals surface area contributed by atoms with Crippen molar-refractivity contribution >= 4 is 35.0 Å². The van der Waals surface area contributed by atoms with E-state index in [0.29, 0.717) is 29.7 Å². The van der Waals surface area contributed by atoms with Crippen molar-refractivity contribution in [3.8, 4) is 0 Å². The van der Waals surface area contributed by atoms with Crippen molar-refractivity contribution < 1.29 is 19.2 Å². The fourth-order valence-corrected chi connectivity index (χ4v) is 3.71. The molecule has 2 aromatic rings. The molecule has 2 aliphatic rings. The van der Waals surface area contributed by atoms with Crippen LogP contribution in [0.15, 0.2) is 48.5 Å². The van der Waals surface area contributed by atoms with Crippen molar-refractivity contribution in [2.24, 2.45) is 0 Å². The Morgan fingerprint density at radius 1 is 0.931 bits per heavy atom. The molecule has 4 amide bonds. The number of carbonyl (C=O) groups excluding carboxylic acids is 4. The highest BCUT2D eigenvalue weighted by atomic mass is 16.2. The van der Waals surface area contributed by atoms with E-state index in [-0.39, 0.29) is 36.6 Å². The molecule has 0 atom stereocenters. The summed E-state index contributed by atoms with van der Waals surface area (Å²) in [5.41, 5.74) is 2.30. The van der Waals surface area contributed by atoms with Gasteiger partial charge >= 0.3 is 0 Å². The SMILES string of the molecule is O=C(CCCN1C(=O)c2ccccc2C1=O)Nc1ccc(N2CCCC2=O)cc1. The van der Waals surface area contributed by atoms with Gasteiger partial charge in [-0.15, -0.1) is 0 Å². The van der Waals surface area contributed by atoms with E-state index < -0.39 is 0 Å². The molecule has 2 aromatic carbocycles. The summed E-state index contributed by atoms with van der Waals surface area (Å²) in [6.45, 7) is 0.929. The summed E-state index contributed by atoms with van der Waals surface area (Å²) < 4.78 is 0. The number of imide groups is 1. The Hall–Kier alpha value is -3.48. The first kappa shape index (κ1) is 18.9. The molecule has 0 radical (unpaired) electrons. The van der Waals surface area contributed by atoms with Crippen LogP contribution < -0.4 is 10.2 Å². The Morgan fingerprint density at radius 2 is 1.59 bits per heavy atom. The minimum Gasteiger partial charge on any atom is -0.326 e. The van der Waals surface area contributed by atoms with Gasteiger partial charge in [-0.05, 0) is 49.2 Å². The maximum atomic E-state index is 12.3. The number of fused-ring (bicyclic) bond motifs is 1. The fourth-order valence-electron chi connectivity index (χ4n) is 3.71. The zero-order valence-corrected chi connectivity index (χ0v) is 15.9. The molecule has 0 saturated carbocycles. The van der Waals surface area contributed by atoms with Crippen LogP contribution in [0.3, 0.4) is 0 Å². The molecule has 1 saturated heterocycles. The summed E-state index contributed by atoms with van der Waals surface area (Å²) in [5, 5.41) is 2.81. The van der Waals surface area contributed by atoms with E-state index in [1.54, 1.807) is 41.3 Å². The second kappa shape index (κ2) is 7.87. The number of hydrogen-bond acceptors (Lipinski definition) is 4. The summed E-state index contributed by atoms with van der Waals surface area (Å²) in [7, 11) is 0. The van der Waals surface area contributed by atoms with Crippen LogP contribution >= 0.6 is 0 Å². The third-order valence-corrected chi connectivity index (χ3v) is 5.20. The molecule has 4 rings (SSSR count). The first-order valence-electron chi connectivity index (χ1n) is 9.70. The van der Waals surface area contributed by atoms with Crippen LogP contribution in [0.4, 0.5) is 11.4 Å². The maximum absolute atomic E-state index is 12.3. The van der Waals surface area contributed by atoms with Crippen LogP contribution in [0.2, 0.25) is 0 Å². The monoisotopic (exact) mass is 391 g/mol. The maximum Gasteiger partial charge on any atom is 0.261 e. The van der Waals surface area contributed by atoms with Crippen molar-refractivity contribution in [2.45, 2.75) is 25.7 Å². The lowest BCUT2D eigenvalue weighted by Crippen LogP contribution is -2.31. The summed E-state index contributed by atoms with van der Waals surface area (Å²) in [4.78, 5) is 51.6. The molecule has 0 aromatic heterocycles. The Balaban J connectivity index is 1.27. The van der Waals surface area contributed by atoms with Gasteiger partial charge in [0.25, 0.3) is 11.8 Å². The average Bonchev–Trinajstić information content (AvgIpc) is 3.26. The summed E-state index contributed by atoms with van der Waals surface area (Å²) >= 11 is 0. The molecule has 0 unspecified atom stereocenters. The number of carbonyl (C=O) groups is 4. The number of benzene rings is 2. The summed E-state index contributed by atoms with van der Waals surface area (Å²) in [5.74, 6) is -0.683. The predicted molar refractivity (Wildman–Crippen MR) is 108 cm³/mol. The third kappa shape index (κ3) is 3.76. The number of amides is 4. The van der Waals surface area contributed by atoms with Gasteiger partial charge in [-0.1, -0.05) is 12.1 Å². The van der Waals surface area contributed by atoms with E-state index >= 15 is 0 Å². The molecular weight excluding hydrogens is 370 g/mol. The molecule has 1 fully saturated rings. The van der Waals surface area contributed by atoms with Crippen molar-refractivity contribution in [1.29, 1.82) is 0 Å². The second-order valence-corrected chi connectivity index (χ2v) is 7.16. The molecule has 0 spiro atoms. The van der Waals surface area contributed by atoms with Crippen LogP contribution in [0.5, 0.6) is 0 Å². The zero-order chi connectivity index (χ0) is 20.4. The van der Waals surface area contributed by atoms with Gasteiger partial charge in [0.05, 0.1) is 11.1 Å². The van der Waals surface area contributed by atoms with E-state index in [9.17, 15) is 19.2 Å². The smallest absolute Gasteiger partial charge is 0.261 e. The molecule has 29 heavy (non-hydrogen) atoms. The van der Waals surface area contributed by atoms with Crippen molar-refractivity contribution in [3.63, 3.8) is 0 Å². The molecule has 148 valence electrons. The van der Waals surface area contributed by atoms with Gasteiger partial charge in [0.15, 0.2) is 0 Å². The second-order valence-electron chi connectivity index (χ2n) is 7.16. The molecule has 0 aliphatic carbocycles. The summed E-state index contributed by atoms with van der Waals surface area (Å²) in [6, 6.07) is 13.9. The molecule has 2 heterocycles. The molecule has 0 bridgehead atoms. The van der Waals surface area contributed by atoms with Crippen LogP contribution in [0.1, 0.15) is 46.4 Å². The number of rotatable bonds is 6. The first-order valence-corrected chi connectivity index (χ1v) is 9.70. The van der Waals surface area contributed by atoms with Gasteiger partial charge in [0, 0.05) is 37.3 Å². The number of nitrogens with zero attached hydrogens (tertiary/aromatic N) is 2. The normalized spacial score (nSPS) is 15.8. The van der Waals surface area contributed by atoms with Crippen molar-refractivity contribution in [3.05, 3.63) is 59.7 Å².